The fourth-order valence-corrected chi connectivity index (χ4v) is 11.7. The number of hydrogen-bond acceptors (Lipinski definition) is 6. The molecule has 2 aliphatic heterocycles. The van der Waals surface area contributed by atoms with E-state index in [0.717, 1.165) is 83.9 Å². The van der Waals surface area contributed by atoms with Gasteiger partial charge in [-0.25, -0.2) is 0 Å². The summed E-state index contributed by atoms with van der Waals surface area (Å²) in [5, 5.41) is 2.26. The van der Waals surface area contributed by atoms with Gasteiger partial charge in [0.25, 0.3) is 0 Å². The highest BCUT2D eigenvalue weighted by molar-refractivity contribution is 7.99. The summed E-state index contributed by atoms with van der Waals surface area (Å²) in [7, 11) is 3.52. The molecule has 3 aliphatic rings. The van der Waals surface area contributed by atoms with E-state index in [9.17, 15) is 0 Å². The van der Waals surface area contributed by atoms with Crippen molar-refractivity contribution in [3.05, 3.63) is 148 Å². The second-order valence-electron chi connectivity index (χ2n) is 17.9. The number of anilines is 1. The summed E-state index contributed by atoms with van der Waals surface area (Å²) in [6.45, 7) is 15.2. The fourth-order valence-electron chi connectivity index (χ4n) is 10.6. The molecule has 320 valence electrons. The molecule has 6 aromatic carbocycles. The van der Waals surface area contributed by atoms with Crippen molar-refractivity contribution in [2.45, 2.75) is 108 Å². The highest BCUT2D eigenvalue weighted by Gasteiger charge is 2.40. The van der Waals surface area contributed by atoms with E-state index in [1.807, 2.05) is 12.1 Å². The van der Waals surface area contributed by atoms with Crippen LogP contribution in [-0.4, -0.2) is 39.5 Å². The highest BCUT2D eigenvalue weighted by Crippen LogP contribution is 2.54. The number of methoxy groups -OCH3 is 2. The Hall–Kier alpha value is -5.17. The van der Waals surface area contributed by atoms with Gasteiger partial charge in [-0.15, -0.1) is 0 Å². The van der Waals surface area contributed by atoms with E-state index in [4.69, 9.17) is 18.9 Å². The molecule has 0 saturated carbocycles. The molecule has 1 aliphatic carbocycles. The Bertz CT molecular complexity index is 2600. The predicted molar refractivity (Wildman–Crippen MR) is 258 cm³/mol. The van der Waals surface area contributed by atoms with E-state index in [-0.39, 0.29) is 17.6 Å². The molecule has 9 rings (SSSR count). The third-order valence-corrected chi connectivity index (χ3v) is 15.7. The van der Waals surface area contributed by atoms with E-state index in [0.29, 0.717) is 0 Å². The van der Waals surface area contributed by atoms with Crippen molar-refractivity contribution in [1.29, 1.82) is 0 Å². The number of ether oxygens (including phenoxy) is 4. The van der Waals surface area contributed by atoms with Crippen molar-refractivity contribution in [3.63, 3.8) is 0 Å². The monoisotopic (exact) mass is 843 g/mol. The predicted octanol–water partition coefficient (Wildman–Crippen LogP) is 13.9. The van der Waals surface area contributed by atoms with E-state index in [1.54, 1.807) is 26.0 Å². The summed E-state index contributed by atoms with van der Waals surface area (Å²) >= 11 is 1.80. The lowest BCUT2D eigenvalue weighted by molar-refractivity contribution is -0.00522. The molecule has 6 heteroatoms. The standard InChI is InChI=1S/C56H61NO4S/c1-9-55(10-2)29-26-40-16-11-12-17-45(40)52-46(27-30-55)47-28-31-56(42-20-24-44(58-7)25-21-42,41-18-22-43(23-19-41)57-34-38(5)60-39(6)35-57)61-53(47)49-32-50(59-8)51(33-48(49)52)62-54-36(3)14-13-15-37(54)4/h11-25,28,31-33,38-39H,9-10,26-27,29-30,34-35H2,1-8H3/t38-,39+,56?. The molecular formula is C56H61NO4S. The van der Waals surface area contributed by atoms with Gasteiger partial charge in [-0.3, -0.25) is 0 Å². The maximum atomic E-state index is 7.83. The average molecular weight is 844 g/mol. The summed E-state index contributed by atoms with van der Waals surface area (Å²) in [4.78, 5) is 4.80. The van der Waals surface area contributed by atoms with Gasteiger partial charge in [0.15, 0.2) is 5.60 Å². The number of fused-ring (bicyclic) bond motifs is 8. The van der Waals surface area contributed by atoms with Gasteiger partial charge in [0.05, 0.1) is 31.3 Å². The van der Waals surface area contributed by atoms with Crippen LogP contribution in [0.2, 0.25) is 0 Å². The van der Waals surface area contributed by atoms with Crippen LogP contribution in [0.4, 0.5) is 5.69 Å². The number of rotatable bonds is 9. The van der Waals surface area contributed by atoms with Crippen LogP contribution in [0.3, 0.4) is 0 Å². The zero-order valence-electron chi connectivity index (χ0n) is 37.8. The summed E-state index contributed by atoms with van der Waals surface area (Å²) < 4.78 is 25.9. The maximum Gasteiger partial charge on any atom is 0.178 e. The van der Waals surface area contributed by atoms with Gasteiger partial charge >= 0.3 is 0 Å². The molecule has 3 atom stereocenters. The third kappa shape index (κ3) is 7.57. The molecule has 62 heavy (non-hydrogen) atoms. The minimum Gasteiger partial charge on any atom is -0.497 e. The summed E-state index contributed by atoms with van der Waals surface area (Å²) in [6, 6.07) is 37.8. The second-order valence-corrected chi connectivity index (χ2v) is 19.0. The smallest absolute Gasteiger partial charge is 0.178 e. The number of nitrogens with zero attached hydrogens (tertiary/aromatic N) is 1. The molecule has 5 nitrogen and oxygen atoms in total. The molecule has 0 spiro atoms. The Morgan fingerprint density at radius 3 is 2.06 bits per heavy atom. The molecule has 0 bridgehead atoms. The Balaban J connectivity index is 1.30. The SMILES string of the molecule is CCC1(CC)CCc2ccccc2-c2c(c3c(c4cc(OC)c(Sc5c(C)cccc5C)cc24)OC(c2ccc(OC)cc2)(c2ccc(N4C[C@@H](C)O[C@@H](C)C4)cc2)C=C3)CC1. The number of aryl methyl sites for hydroxylation is 3. The van der Waals surface area contributed by atoms with Crippen molar-refractivity contribution in [1.82, 2.24) is 0 Å². The van der Waals surface area contributed by atoms with E-state index >= 15 is 0 Å². The van der Waals surface area contributed by atoms with Crippen LogP contribution in [0, 0.1) is 19.3 Å². The Morgan fingerprint density at radius 1 is 0.742 bits per heavy atom. The molecule has 0 radical (unpaired) electrons. The lowest BCUT2D eigenvalue weighted by atomic mass is 9.73. The third-order valence-electron chi connectivity index (χ3n) is 14.3. The van der Waals surface area contributed by atoms with E-state index < -0.39 is 5.60 Å². The molecule has 0 aromatic heterocycles. The van der Waals surface area contributed by atoms with Gasteiger partial charge in [-0.1, -0.05) is 111 Å². The first-order chi connectivity index (χ1) is 30.1. The number of benzene rings is 6. The zero-order valence-corrected chi connectivity index (χ0v) is 38.6. The van der Waals surface area contributed by atoms with Crippen LogP contribution < -0.4 is 19.1 Å². The first-order valence-corrected chi connectivity index (χ1v) is 23.5. The first kappa shape index (κ1) is 42.1. The van der Waals surface area contributed by atoms with E-state index in [2.05, 4.69) is 150 Å². The number of hydrogen-bond donors (Lipinski definition) is 0. The minimum atomic E-state index is -0.920. The molecule has 6 aromatic rings. The molecule has 0 N–H and O–H groups in total. The normalized spacial score (nSPS) is 20.5. The van der Waals surface area contributed by atoms with E-state index in [1.165, 1.54) is 61.3 Å². The minimum absolute atomic E-state index is 0.172. The highest BCUT2D eigenvalue weighted by atomic mass is 32.2. The van der Waals surface area contributed by atoms with Crippen molar-refractivity contribution in [2.24, 2.45) is 5.41 Å². The van der Waals surface area contributed by atoms with Gasteiger partial charge < -0.3 is 23.8 Å². The summed E-state index contributed by atoms with van der Waals surface area (Å²) in [5.74, 6) is 2.55. The molecule has 1 saturated heterocycles. The zero-order chi connectivity index (χ0) is 43.2. The van der Waals surface area contributed by atoms with Crippen molar-refractivity contribution < 1.29 is 18.9 Å². The van der Waals surface area contributed by atoms with Crippen molar-refractivity contribution in [2.75, 3.05) is 32.2 Å². The molecular weight excluding hydrogens is 783 g/mol. The maximum absolute atomic E-state index is 7.83. The number of morpholine rings is 1. The second kappa shape index (κ2) is 17.2. The van der Waals surface area contributed by atoms with Gasteiger partial charge in [0.1, 0.15) is 17.2 Å². The van der Waals surface area contributed by atoms with Crippen molar-refractivity contribution in [3.8, 4) is 28.4 Å². The molecule has 1 unspecified atom stereocenters. The fraction of sp³-hybridized carbons (Fsp3) is 0.357. The largest absolute Gasteiger partial charge is 0.497 e. The van der Waals surface area contributed by atoms with Crippen LogP contribution in [0.25, 0.3) is 28.0 Å². The first-order valence-electron chi connectivity index (χ1n) is 22.7. The molecule has 2 heterocycles. The van der Waals surface area contributed by atoms with Gasteiger partial charge in [0, 0.05) is 45.7 Å². The van der Waals surface area contributed by atoms with Crippen LogP contribution in [0.5, 0.6) is 17.2 Å². The lowest BCUT2D eigenvalue weighted by Gasteiger charge is -2.39. The molecule has 1 fully saturated rings. The van der Waals surface area contributed by atoms with Crippen LogP contribution in [0.15, 0.2) is 119 Å². The Kier molecular flexibility index (Phi) is 11.7. The van der Waals surface area contributed by atoms with Crippen LogP contribution in [-0.2, 0) is 23.2 Å². The summed E-state index contributed by atoms with van der Waals surface area (Å²) in [5.41, 5.74) is 11.8. The van der Waals surface area contributed by atoms with Crippen LogP contribution in [0.1, 0.15) is 92.3 Å². The topological polar surface area (TPSA) is 40.2 Å². The lowest BCUT2D eigenvalue weighted by Crippen LogP contribution is -2.45. The quantitative estimate of drug-likeness (QED) is 0.144. The van der Waals surface area contributed by atoms with Gasteiger partial charge in [-0.2, -0.15) is 0 Å². The Labute approximate surface area is 373 Å². The summed E-state index contributed by atoms with van der Waals surface area (Å²) in [6.07, 6.45) is 11.7. The Morgan fingerprint density at radius 2 is 1.40 bits per heavy atom. The van der Waals surface area contributed by atoms with Gasteiger partial charge in [0.2, 0.25) is 0 Å². The van der Waals surface area contributed by atoms with Gasteiger partial charge in [-0.05, 0) is 140 Å². The van der Waals surface area contributed by atoms with Crippen molar-refractivity contribution >= 4 is 34.3 Å². The van der Waals surface area contributed by atoms with Crippen LogP contribution >= 0.6 is 11.8 Å². The average Bonchev–Trinajstić information content (AvgIpc) is 3.36. The molecule has 0 amide bonds.